The van der Waals surface area contributed by atoms with Crippen LogP contribution in [0.2, 0.25) is 0 Å². The van der Waals surface area contributed by atoms with Crippen LogP contribution in [0.4, 0.5) is 0 Å². The van der Waals surface area contributed by atoms with Gasteiger partial charge in [0.15, 0.2) is 0 Å². The average molecular weight is 348 g/mol. The molecule has 1 atom stereocenters. The third-order valence-electron chi connectivity index (χ3n) is 4.64. The first kappa shape index (κ1) is 16.4. The SMILES string of the molecule is O=C(c1cnccn1)N1CCC[C@H](Cn2cc(-c3ccccc3)nn2)C1. The molecule has 1 amide bonds. The van der Waals surface area contributed by atoms with Crippen molar-refractivity contribution >= 4 is 5.91 Å². The summed E-state index contributed by atoms with van der Waals surface area (Å²) < 4.78 is 1.88. The normalized spacial score (nSPS) is 17.2. The average Bonchev–Trinajstić information content (AvgIpc) is 3.17. The van der Waals surface area contributed by atoms with Gasteiger partial charge in [0.2, 0.25) is 0 Å². The summed E-state index contributed by atoms with van der Waals surface area (Å²) in [4.78, 5) is 22.5. The van der Waals surface area contributed by atoms with E-state index < -0.39 is 0 Å². The number of carbonyl (C=O) groups excluding carboxylic acids is 1. The Bertz CT molecular complexity index is 864. The van der Waals surface area contributed by atoms with Gasteiger partial charge in [0.05, 0.1) is 12.4 Å². The van der Waals surface area contributed by atoms with Crippen LogP contribution >= 0.6 is 0 Å². The van der Waals surface area contributed by atoms with Crippen LogP contribution in [0.1, 0.15) is 23.3 Å². The number of aromatic nitrogens is 5. The van der Waals surface area contributed by atoms with E-state index in [2.05, 4.69) is 20.3 Å². The zero-order valence-corrected chi connectivity index (χ0v) is 14.4. The van der Waals surface area contributed by atoms with Crippen molar-refractivity contribution in [1.82, 2.24) is 29.9 Å². The predicted octanol–water partition coefficient (Wildman–Crippen LogP) is 2.29. The van der Waals surface area contributed by atoms with Crippen molar-refractivity contribution in [2.24, 2.45) is 5.92 Å². The lowest BCUT2D eigenvalue weighted by molar-refractivity contribution is 0.0653. The Hall–Kier alpha value is -3.09. The highest BCUT2D eigenvalue weighted by Gasteiger charge is 2.25. The summed E-state index contributed by atoms with van der Waals surface area (Å²) in [6, 6.07) is 10.0. The zero-order chi connectivity index (χ0) is 17.8. The van der Waals surface area contributed by atoms with Gasteiger partial charge in [-0.25, -0.2) is 4.98 Å². The molecule has 0 unspecified atom stereocenters. The lowest BCUT2D eigenvalue weighted by atomic mass is 9.98. The van der Waals surface area contributed by atoms with Gasteiger partial charge in [0, 0.05) is 37.6 Å². The highest BCUT2D eigenvalue weighted by Crippen LogP contribution is 2.21. The molecular weight excluding hydrogens is 328 g/mol. The Morgan fingerprint density at radius 3 is 2.88 bits per heavy atom. The maximum absolute atomic E-state index is 12.6. The molecule has 2 aromatic heterocycles. The molecule has 0 saturated carbocycles. The van der Waals surface area contributed by atoms with Crippen molar-refractivity contribution in [2.45, 2.75) is 19.4 Å². The number of hydrogen-bond acceptors (Lipinski definition) is 5. The summed E-state index contributed by atoms with van der Waals surface area (Å²) in [5.41, 5.74) is 2.33. The van der Waals surface area contributed by atoms with Gasteiger partial charge in [0.1, 0.15) is 11.4 Å². The van der Waals surface area contributed by atoms with Crippen molar-refractivity contribution in [2.75, 3.05) is 13.1 Å². The van der Waals surface area contributed by atoms with Crippen molar-refractivity contribution in [3.8, 4) is 11.3 Å². The maximum Gasteiger partial charge on any atom is 0.274 e. The molecule has 0 spiro atoms. The van der Waals surface area contributed by atoms with Gasteiger partial charge in [-0.15, -0.1) is 5.10 Å². The number of rotatable bonds is 4. The molecule has 0 aliphatic carbocycles. The van der Waals surface area contributed by atoms with Crippen LogP contribution in [-0.2, 0) is 6.54 Å². The van der Waals surface area contributed by atoms with E-state index in [1.165, 1.54) is 6.20 Å². The van der Waals surface area contributed by atoms with Gasteiger partial charge >= 0.3 is 0 Å². The highest BCUT2D eigenvalue weighted by molar-refractivity contribution is 5.92. The van der Waals surface area contributed by atoms with E-state index in [4.69, 9.17) is 0 Å². The van der Waals surface area contributed by atoms with Gasteiger partial charge in [-0.2, -0.15) is 0 Å². The monoisotopic (exact) mass is 348 g/mol. The fraction of sp³-hybridized carbons (Fsp3) is 0.316. The van der Waals surface area contributed by atoms with Gasteiger partial charge in [0.25, 0.3) is 5.91 Å². The Morgan fingerprint density at radius 1 is 1.19 bits per heavy atom. The van der Waals surface area contributed by atoms with Gasteiger partial charge in [-0.05, 0) is 18.8 Å². The fourth-order valence-corrected chi connectivity index (χ4v) is 3.36. The van der Waals surface area contributed by atoms with Crippen LogP contribution < -0.4 is 0 Å². The Morgan fingerprint density at radius 2 is 2.08 bits per heavy atom. The summed E-state index contributed by atoms with van der Waals surface area (Å²) in [7, 11) is 0. The van der Waals surface area contributed by atoms with Crippen LogP contribution in [0.15, 0.2) is 55.1 Å². The van der Waals surface area contributed by atoms with E-state index in [0.29, 0.717) is 18.2 Å². The molecule has 3 aromatic rings. The molecule has 132 valence electrons. The van der Waals surface area contributed by atoms with Crippen molar-refractivity contribution < 1.29 is 4.79 Å². The molecule has 1 aliphatic heterocycles. The number of hydrogen-bond donors (Lipinski definition) is 0. The van der Waals surface area contributed by atoms with Crippen LogP contribution in [0, 0.1) is 5.92 Å². The zero-order valence-electron chi connectivity index (χ0n) is 14.4. The van der Waals surface area contributed by atoms with E-state index in [1.807, 2.05) is 46.1 Å². The quantitative estimate of drug-likeness (QED) is 0.723. The smallest absolute Gasteiger partial charge is 0.274 e. The topological polar surface area (TPSA) is 76.8 Å². The van der Waals surface area contributed by atoms with E-state index in [1.54, 1.807) is 12.4 Å². The van der Waals surface area contributed by atoms with E-state index in [9.17, 15) is 4.79 Å². The second-order valence-corrected chi connectivity index (χ2v) is 6.54. The number of piperidine rings is 1. The predicted molar refractivity (Wildman–Crippen MR) is 96.1 cm³/mol. The lowest BCUT2D eigenvalue weighted by Gasteiger charge is -2.32. The molecule has 0 bridgehead atoms. The summed E-state index contributed by atoms with van der Waals surface area (Å²) in [5.74, 6) is 0.307. The van der Waals surface area contributed by atoms with E-state index in [0.717, 1.165) is 37.2 Å². The van der Waals surface area contributed by atoms with Crippen molar-refractivity contribution in [3.05, 3.63) is 60.8 Å². The molecule has 1 aliphatic rings. The number of likely N-dealkylation sites (tertiary alicyclic amines) is 1. The molecule has 1 saturated heterocycles. The van der Waals surface area contributed by atoms with Crippen LogP contribution in [-0.4, -0.2) is 48.9 Å². The number of carbonyl (C=O) groups is 1. The van der Waals surface area contributed by atoms with E-state index in [-0.39, 0.29) is 5.91 Å². The van der Waals surface area contributed by atoms with Crippen LogP contribution in [0.25, 0.3) is 11.3 Å². The first-order chi connectivity index (χ1) is 12.8. The second-order valence-electron chi connectivity index (χ2n) is 6.54. The third-order valence-corrected chi connectivity index (χ3v) is 4.64. The summed E-state index contributed by atoms with van der Waals surface area (Å²) in [5, 5.41) is 8.52. The molecule has 1 aromatic carbocycles. The molecule has 4 rings (SSSR count). The molecule has 7 nitrogen and oxygen atoms in total. The molecule has 0 N–H and O–H groups in total. The van der Waals surface area contributed by atoms with Crippen LogP contribution in [0.5, 0.6) is 0 Å². The van der Waals surface area contributed by atoms with Gasteiger partial charge in [-0.3, -0.25) is 14.5 Å². The molecule has 26 heavy (non-hydrogen) atoms. The lowest BCUT2D eigenvalue weighted by Crippen LogP contribution is -2.41. The Balaban J connectivity index is 1.41. The summed E-state index contributed by atoms with van der Waals surface area (Å²) >= 11 is 0. The third kappa shape index (κ3) is 3.61. The highest BCUT2D eigenvalue weighted by atomic mass is 16.2. The molecule has 7 heteroatoms. The Labute approximate surface area is 151 Å². The molecular formula is C19H20N6O. The summed E-state index contributed by atoms with van der Waals surface area (Å²) in [6.07, 6.45) is 8.68. The first-order valence-corrected chi connectivity index (χ1v) is 8.80. The van der Waals surface area contributed by atoms with Crippen molar-refractivity contribution in [1.29, 1.82) is 0 Å². The standard InChI is InChI=1S/C19H20N6O/c26-19(17-11-20-8-9-21-17)24-10-4-5-15(12-24)13-25-14-18(22-23-25)16-6-2-1-3-7-16/h1-3,6-9,11,14-15H,4-5,10,12-13H2/t15-/m0/s1. The molecule has 1 fully saturated rings. The summed E-state index contributed by atoms with van der Waals surface area (Å²) in [6.45, 7) is 2.22. The first-order valence-electron chi connectivity index (χ1n) is 8.80. The van der Waals surface area contributed by atoms with Crippen LogP contribution in [0.3, 0.4) is 0 Å². The Kier molecular flexibility index (Phi) is 4.68. The second kappa shape index (κ2) is 7.43. The minimum absolute atomic E-state index is 0.0497. The molecule has 3 heterocycles. The largest absolute Gasteiger partial charge is 0.337 e. The number of benzene rings is 1. The maximum atomic E-state index is 12.6. The fourth-order valence-electron chi connectivity index (χ4n) is 3.36. The minimum Gasteiger partial charge on any atom is -0.337 e. The molecule has 0 radical (unpaired) electrons. The van der Waals surface area contributed by atoms with Gasteiger partial charge in [-0.1, -0.05) is 35.5 Å². The van der Waals surface area contributed by atoms with Crippen molar-refractivity contribution in [3.63, 3.8) is 0 Å². The number of nitrogens with zero attached hydrogens (tertiary/aromatic N) is 6. The number of amides is 1. The minimum atomic E-state index is -0.0497. The van der Waals surface area contributed by atoms with Gasteiger partial charge < -0.3 is 4.90 Å². The van der Waals surface area contributed by atoms with E-state index >= 15 is 0 Å².